The predicted octanol–water partition coefficient (Wildman–Crippen LogP) is 7.06. The maximum Gasteiger partial charge on any atom is 0.243 e. The van der Waals surface area contributed by atoms with E-state index in [-0.39, 0.29) is 29.3 Å². The SMILES string of the molecule is CC.CC.CC(NC(=O)C1CCCN1C(=O)CC(C)(C)C)c1ccc(-c2ccncc2Cl)cc1. The minimum absolute atomic E-state index is 0.0615. The van der Waals surface area contributed by atoms with E-state index in [1.165, 1.54) is 0 Å². The maximum atomic E-state index is 12.9. The van der Waals surface area contributed by atoms with Crippen LogP contribution in [-0.2, 0) is 9.59 Å². The van der Waals surface area contributed by atoms with Gasteiger partial charge in [-0.1, -0.05) is 84.3 Å². The molecule has 2 heterocycles. The van der Waals surface area contributed by atoms with Crippen molar-refractivity contribution in [3.63, 3.8) is 0 Å². The summed E-state index contributed by atoms with van der Waals surface area (Å²) in [5.41, 5.74) is 2.84. The number of pyridine rings is 1. The summed E-state index contributed by atoms with van der Waals surface area (Å²) in [4.78, 5) is 31.3. The van der Waals surface area contributed by atoms with Gasteiger partial charge in [0.1, 0.15) is 6.04 Å². The molecule has 2 unspecified atom stereocenters. The van der Waals surface area contributed by atoms with E-state index in [4.69, 9.17) is 11.6 Å². The van der Waals surface area contributed by atoms with Gasteiger partial charge in [0.2, 0.25) is 11.8 Å². The molecule has 0 spiro atoms. The van der Waals surface area contributed by atoms with Crippen LogP contribution in [-0.4, -0.2) is 34.3 Å². The second-order valence-electron chi connectivity index (χ2n) is 9.19. The minimum Gasteiger partial charge on any atom is -0.348 e. The molecule has 1 N–H and O–H groups in total. The third kappa shape index (κ3) is 8.43. The molecule has 1 saturated heterocycles. The number of rotatable bonds is 5. The second kappa shape index (κ2) is 14.1. The Morgan fingerprint density at radius 2 is 1.74 bits per heavy atom. The van der Waals surface area contributed by atoms with E-state index < -0.39 is 0 Å². The topological polar surface area (TPSA) is 62.3 Å². The molecule has 2 atom stereocenters. The molecule has 0 radical (unpaired) electrons. The summed E-state index contributed by atoms with van der Waals surface area (Å²) in [5.74, 6) is -0.0186. The molecule has 1 fully saturated rings. The van der Waals surface area contributed by atoms with Crippen LogP contribution >= 0.6 is 11.6 Å². The van der Waals surface area contributed by atoms with E-state index in [2.05, 4.69) is 10.3 Å². The summed E-state index contributed by atoms with van der Waals surface area (Å²) in [7, 11) is 0. The molecule has 34 heavy (non-hydrogen) atoms. The van der Waals surface area contributed by atoms with Crippen LogP contribution in [0.3, 0.4) is 0 Å². The fourth-order valence-electron chi connectivity index (χ4n) is 3.85. The normalized spacial score (nSPS) is 15.9. The first kappa shape index (κ1) is 29.6. The predicted molar refractivity (Wildman–Crippen MR) is 143 cm³/mol. The molecule has 5 nitrogen and oxygen atoms in total. The van der Waals surface area contributed by atoms with Gasteiger partial charge in [0.05, 0.1) is 11.1 Å². The lowest BCUT2D eigenvalue weighted by Crippen LogP contribution is -2.47. The van der Waals surface area contributed by atoms with Gasteiger partial charge in [-0.15, -0.1) is 0 Å². The van der Waals surface area contributed by atoms with Crippen LogP contribution in [0.4, 0.5) is 0 Å². The van der Waals surface area contributed by atoms with Gasteiger partial charge in [-0.3, -0.25) is 14.6 Å². The number of amides is 2. The van der Waals surface area contributed by atoms with Crippen molar-refractivity contribution in [1.82, 2.24) is 15.2 Å². The molecule has 0 saturated carbocycles. The van der Waals surface area contributed by atoms with Gasteiger partial charge in [0.25, 0.3) is 0 Å². The number of nitrogens with zero attached hydrogens (tertiary/aromatic N) is 2. The van der Waals surface area contributed by atoms with Crippen molar-refractivity contribution in [3.8, 4) is 11.1 Å². The molecule has 1 aromatic carbocycles. The minimum atomic E-state index is -0.378. The number of halogens is 1. The Hall–Kier alpha value is -2.40. The van der Waals surface area contributed by atoms with E-state index in [9.17, 15) is 9.59 Å². The van der Waals surface area contributed by atoms with Crippen molar-refractivity contribution in [2.24, 2.45) is 5.41 Å². The Balaban J connectivity index is 0.00000137. The van der Waals surface area contributed by atoms with Crippen molar-refractivity contribution >= 4 is 23.4 Å². The van der Waals surface area contributed by atoms with Gasteiger partial charge in [-0.2, -0.15) is 0 Å². The summed E-state index contributed by atoms with van der Waals surface area (Å²) >= 11 is 6.23. The summed E-state index contributed by atoms with van der Waals surface area (Å²) in [5, 5.41) is 3.69. The molecule has 0 aliphatic carbocycles. The lowest BCUT2D eigenvalue weighted by molar-refractivity contribution is -0.140. The van der Waals surface area contributed by atoms with E-state index in [1.807, 2.05) is 85.7 Å². The molecular formula is C28H42ClN3O2. The largest absolute Gasteiger partial charge is 0.348 e. The quantitative estimate of drug-likeness (QED) is 0.491. The number of benzene rings is 1. The van der Waals surface area contributed by atoms with Crippen LogP contribution in [0.25, 0.3) is 11.1 Å². The Labute approximate surface area is 211 Å². The highest BCUT2D eigenvalue weighted by Gasteiger charge is 2.35. The molecule has 188 valence electrons. The highest BCUT2D eigenvalue weighted by molar-refractivity contribution is 6.33. The summed E-state index contributed by atoms with van der Waals surface area (Å²) in [6.45, 7) is 16.7. The summed E-state index contributed by atoms with van der Waals surface area (Å²) in [6, 6.07) is 9.33. The zero-order chi connectivity index (χ0) is 25.9. The molecule has 1 aromatic heterocycles. The molecular weight excluding hydrogens is 446 g/mol. The third-order valence-electron chi connectivity index (χ3n) is 5.41. The monoisotopic (exact) mass is 487 g/mol. The van der Waals surface area contributed by atoms with Gasteiger partial charge in [0, 0.05) is 30.9 Å². The standard InChI is InChI=1S/C24H30ClN3O2.2C2H6/c1-16(17-7-9-18(10-8-17)19-11-12-26-15-20(19)25)27-23(30)21-6-5-13-28(21)22(29)14-24(2,3)4;2*1-2/h7-12,15-16,21H,5-6,13-14H2,1-4H3,(H,27,30);2*1-2H3. The van der Waals surface area contributed by atoms with Gasteiger partial charge >= 0.3 is 0 Å². The smallest absolute Gasteiger partial charge is 0.243 e. The average Bonchev–Trinajstić information content (AvgIpc) is 3.32. The number of carbonyl (C=O) groups is 2. The van der Waals surface area contributed by atoms with Crippen molar-refractivity contribution in [1.29, 1.82) is 0 Å². The zero-order valence-corrected chi connectivity index (χ0v) is 22.9. The number of likely N-dealkylation sites (tertiary alicyclic amines) is 1. The highest BCUT2D eigenvalue weighted by Crippen LogP contribution is 2.28. The van der Waals surface area contributed by atoms with Gasteiger partial charge in [0.15, 0.2) is 0 Å². The molecule has 1 aliphatic rings. The Bertz CT molecular complexity index is 907. The summed E-state index contributed by atoms with van der Waals surface area (Å²) < 4.78 is 0. The van der Waals surface area contributed by atoms with E-state index in [0.29, 0.717) is 24.4 Å². The van der Waals surface area contributed by atoms with Crippen LogP contribution in [0, 0.1) is 5.41 Å². The summed E-state index contributed by atoms with van der Waals surface area (Å²) in [6.07, 6.45) is 5.37. The van der Waals surface area contributed by atoms with Gasteiger partial charge in [-0.05, 0) is 42.4 Å². The highest BCUT2D eigenvalue weighted by atomic mass is 35.5. The zero-order valence-electron chi connectivity index (χ0n) is 22.1. The Morgan fingerprint density at radius 1 is 1.12 bits per heavy atom. The van der Waals surface area contributed by atoms with E-state index in [1.54, 1.807) is 17.3 Å². The first-order chi connectivity index (χ1) is 16.2. The van der Waals surface area contributed by atoms with Crippen molar-refractivity contribution in [2.45, 2.75) is 86.7 Å². The van der Waals surface area contributed by atoms with Gasteiger partial charge in [-0.25, -0.2) is 0 Å². The number of carbonyl (C=O) groups excluding carboxylic acids is 2. The Kier molecular flexibility index (Phi) is 12.3. The molecule has 6 heteroatoms. The van der Waals surface area contributed by atoms with Crippen molar-refractivity contribution in [3.05, 3.63) is 53.3 Å². The van der Waals surface area contributed by atoms with Gasteiger partial charge < -0.3 is 10.2 Å². The van der Waals surface area contributed by atoms with E-state index >= 15 is 0 Å². The average molecular weight is 488 g/mol. The van der Waals surface area contributed by atoms with Crippen molar-refractivity contribution in [2.75, 3.05) is 6.54 Å². The third-order valence-corrected chi connectivity index (χ3v) is 5.71. The fraction of sp³-hybridized carbons (Fsp3) is 0.536. The first-order valence-corrected chi connectivity index (χ1v) is 12.8. The molecule has 1 aliphatic heterocycles. The molecule has 2 amide bonds. The number of hydrogen-bond acceptors (Lipinski definition) is 3. The lowest BCUT2D eigenvalue weighted by Gasteiger charge is -2.28. The molecule has 0 bridgehead atoms. The maximum absolute atomic E-state index is 12.9. The number of hydrogen-bond donors (Lipinski definition) is 1. The first-order valence-electron chi connectivity index (χ1n) is 12.5. The number of aromatic nitrogens is 1. The van der Waals surface area contributed by atoms with Crippen LogP contribution in [0.1, 0.15) is 86.3 Å². The van der Waals surface area contributed by atoms with E-state index in [0.717, 1.165) is 23.1 Å². The Morgan fingerprint density at radius 3 is 2.29 bits per heavy atom. The van der Waals surface area contributed by atoms with Crippen LogP contribution in [0.15, 0.2) is 42.7 Å². The molecule has 3 rings (SSSR count). The lowest BCUT2D eigenvalue weighted by atomic mass is 9.91. The van der Waals surface area contributed by atoms with Crippen molar-refractivity contribution < 1.29 is 9.59 Å². The van der Waals surface area contributed by atoms with Crippen LogP contribution in [0.2, 0.25) is 5.02 Å². The molecule has 2 aromatic rings. The van der Waals surface area contributed by atoms with Crippen LogP contribution in [0.5, 0.6) is 0 Å². The number of nitrogens with one attached hydrogen (secondary N) is 1. The fourth-order valence-corrected chi connectivity index (χ4v) is 4.08. The second-order valence-corrected chi connectivity index (χ2v) is 9.60. The van der Waals surface area contributed by atoms with Crippen LogP contribution < -0.4 is 5.32 Å².